The van der Waals surface area contributed by atoms with Gasteiger partial charge in [-0.05, 0) is 31.4 Å². The Bertz CT molecular complexity index is 785. The van der Waals surface area contributed by atoms with Crippen molar-refractivity contribution in [3.8, 4) is 17.2 Å². The second-order valence-corrected chi connectivity index (χ2v) is 7.51. The lowest BCUT2D eigenvalue weighted by molar-refractivity contribution is -0.0502. The van der Waals surface area contributed by atoms with Gasteiger partial charge in [-0.3, -0.25) is 4.79 Å². The van der Waals surface area contributed by atoms with E-state index in [1.165, 1.54) is 13.2 Å². The van der Waals surface area contributed by atoms with Gasteiger partial charge in [-0.1, -0.05) is 20.8 Å². The fourth-order valence-electron chi connectivity index (χ4n) is 2.98. The SMILES string of the molecule is COc1cc(-n2c(C)ccc2C)cc(OC(F)F)c1C(=O)CC(C)(C)C. The van der Waals surface area contributed by atoms with Crippen molar-refractivity contribution in [1.82, 2.24) is 4.57 Å². The summed E-state index contributed by atoms with van der Waals surface area (Å²) in [6, 6.07) is 6.99. The van der Waals surface area contributed by atoms with Crippen LogP contribution in [0.3, 0.4) is 0 Å². The zero-order valence-corrected chi connectivity index (χ0v) is 16.0. The Kier molecular flexibility index (Phi) is 5.74. The Labute approximate surface area is 152 Å². The lowest BCUT2D eigenvalue weighted by Gasteiger charge is -2.21. The lowest BCUT2D eigenvalue weighted by Crippen LogP contribution is -2.16. The molecule has 0 aliphatic carbocycles. The van der Waals surface area contributed by atoms with Gasteiger partial charge in [-0.2, -0.15) is 8.78 Å². The van der Waals surface area contributed by atoms with Crippen molar-refractivity contribution in [2.75, 3.05) is 7.11 Å². The van der Waals surface area contributed by atoms with Crippen LogP contribution < -0.4 is 9.47 Å². The zero-order valence-electron chi connectivity index (χ0n) is 16.0. The number of ether oxygens (including phenoxy) is 2. The molecule has 0 spiro atoms. The van der Waals surface area contributed by atoms with Crippen LogP contribution in [0.4, 0.5) is 8.78 Å². The molecule has 142 valence electrons. The van der Waals surface area contributed by atoms with Gasteiger partial charge in [0.1, 0.15) is 17.1 Å². The van der Waals surface area contributed by atoms with Gasteiger partial charge in [0.25, 0.3) is 0 Å². The van der Waals surface area contributed by atoms with Crippen LogP contribution in [-0.4, -0.2) is 24.1 Å². The van der Waals surface area contributed by atoms with E-state index < -0.39 is 6.61 Å². The summed E-state index contributed by atoms with van der Waals surface area (Å²) in [7, 11) is 1.41. The third-order valence-electron chi connectivity index (χ3n) is 3.99. The number of halogens is 2. The largest absolute Gasteiger partial charge is 0.496 e. The molecular formula is C20H25F2NO3. The molecular weight excluding hydrogens is 340 g/mol. The summed E-state index contributed by atoms with van der Waals surface area (Å²) in [6.45, 7) is 6.50. The highest BCUT2D eigenvalue weighted by atomic mass is 19.3. The first kappa shape index (κ1) is 19.9. The lowest BCUT2D eigenvalue weighted by atomic mass is 9.87. The first-order chi connectivity index (χ1) is 12.0. The minimum Gasteiger partial charge on any atom is -0.496 e. The maximum Gasteiger partial charge on any atom is 0.387 e. The number of Topliss-reactive ketones (excluding diaryl/α,β-unsaturated/α-hetero) is 1. The maximum atomic E-state index is 13.0. The fourth-order valence-corrected chi connectivity index (χ4v) is 2.98. The smallest absolute Gasteiger partial charge is 0.387 e. The second-order valence-electron chi connectivity index (χ2n) is 7.51. The number of benzene rings is 1. The predicted molar refractivity (Wildman–Crippen MR) is 96.8 cm³/mol. The van der Waals surface area contributed by atoms with E-state index in [2.05, 4.69) is 0 Å². The number of aromatic nitrogens is 1. The van der Waals surface area contributed by atoms with E-state index in [1.54, 1.807) is 6.07 Å². The molecule has 0 N–H and O–H groups in total. The number of rotatable bonds is 6. The van der Waals surface area contributed by atoms with Crippen LogP contribution in [0, 0.1) is 19.3 Å². The van der Waals surface area contributed by atoms with Crippen molar-refractivity contribution in [2.24, 2.45) is 5.41 Å². The molecule has 2 aromatic rings. The van der Waals surface area contributed by atoms with E-state index in [4.69, 9.17) is 9.47 Å². The quantitative estimate of drug-likeness (QED) is 0.650. The molecule has 26 heavy (non-hydrogen) atoms. The van der Waals surface area contributed by atoms with Gasteiger partial charge < -0.3 is 14.0 Å². The highest BCUT2D eigenvalue weighted by Gasteiger charge is 2.26. The zero-order chi connectivity index (χ0) is 19.6. The summed E-state index contributed by atoms with van der Waals surface area (Å²) in [4.78, 5) is 12.8. The van der Waals surface area contributed by atoms with Crippen LogP contribution in [0.15, 0.2) is 24.3 Å². The molecule has 6 heteroatoms. The summed E-state index contributed by atoms with van der Waals surface area (Å²) in [5.41, 5.74) is 2.22. The van der Waals surface area contributed by atoms with Crippen molar-refractivity contribution in [3.63, 3.8) is 0 Å². The second kappa shape index (κ2) is 7.48. The normalized spacial score (nSPS) is 11.7. The van der Waals surface area contributed by atoms with Gasteiger partial charge in [0.05, 0.1) is 12.8 Å². The molecule has 0 amide bonds. The number of alkyl halides is 2. The van der Waals surface area contributed by atoms with E-state index in [9.17, 15) is 13.6 Å². The standard InChI is InChI=1S/C20H25F2NO3/c1-12-7-8-13(2)23(12)14-9-16(25-6)18(15(24)11-20(3,4)5)17(10-14)26-19(21)22/h7-10,19H,11H2,1-6H3. The van der Waals surface area contributed by atoms with Crippen molar-refractivity contribution in [1.29, 1.82) is 0 Å². The topological polar surface area (TPSA) is 40.5 Å². The minimum absolute atomic E-state index is 0.0499. The summed E-state index contributed by atoms with van der Waals surface area (Å²) >= 11 is 0. The third kappa shape index (κ3) is 4.42. The molecule has 4 nitrogen and oxygen atoms in total. The highest BCUT2D eigenvalue weighted by molar-refractivity contribution is 6.02. The van der Waals surface area contributed by atoms with E-state index >= 15 is 0 Å². The molecule has 0 aliphatic heterocycles. The molecule has 1 aromatic heterocycles. The summed E-state index contributed by atoms with van der Waals surface area (Å²) < 4.78 is 37.9. The summed E-state index contributed by atoms with van der Waals surface area (Å²) in [6.07, 6.45) is 0.184. The molecule has 0 saturated heterocycles. The average molecular weight is 365 g/mol. The molecule has 1 heterocycles. The van der Waals surface area contributed by atoms with Crippen LogP contribution in [0.25, 0.3) is 5.69 Å². The van der Waals surface area contributed by atoms with E-state index in [1.807, 2.05) is 51.3 Å². The third-order valence-corrected chi connectivity index (χ3v) is 3.99. The molecule has 0 bridgehead atoms. The Morgan fingerprint density at radius 1 is 1.12 bits per heavy atom. The van der Waals surface area contributed by atoms with Gasteiger partial charge in [-0.15, -0.1) is 0 Å². The Morgan fingerprint density at radius 3 is 2.12 bits per heavy atom. The van der Waals surface area contributed by atoms with Gasteiger partial charge in [0.15, 0.2) is 5.78 Å². The highest BCUT2D eigenvalue weighted by Crippen LogP contribution is 2.37. The fraction of sp³-hybridized carbons (Fsp3) is 0.450. The molecule has 0 atom stereocenters. The number of carbonyl (C=O) groups is 1. The van der Waals surface area contributed by atoms with Gasteiger partial charge >= 0.3 is 6.61 Å². The predicted octanol–water partition coefficient (Wildman–Crippen LogP) is 5.32. The molecule has 0 radical (unpaired) electrons. The van der Waals surface area contributed by atoms with Crippen LogP contribution in [0.2, 0.25) is 0 Å². The molecule has 0 aliphatic rings. The van der Waals surface area contributed by atoms with Gasteiger partial charge in [0, 0.05) is 29.9 Å². The van der Waals surface area contributed by atoms with E-state index in [0.717, 1.165) is 11.4 Å². The van der Waals surface area contributed by atoms with Crippen LogP contribution in [-0.2, 0) is 0 Å². The van der Waals surface area contributed by atoms with Gasteiger partial charge in [0.2, 0.25) is 0 Å². The molecule has 2 rings (SSSR count). The number of carbonyl (C=O) groups excluding carboxylic acids is 1. The maximum absolute atomic E-state index is 13.0. The molecule has 1 aromatic carbocycles. The van der Waals surface area contributed by atoms with E-state index in [-0.39, 0.29) is 34.7 Å². The van der Waals surface area contributed by atoms with E-state index in [0.29, 0.717) is 5.69 Å². The average Bonchev–Trinajstić information content (AvgIpc) is 2.82. The summed E-state index contributed by atoms with van der Waals surface area (Å²) in [5, 5.41) is 0. The number of hydrogen-bond donors (Lipinski definition) is 0. The van der Waals surface area contributed by atoms with Crippen LogP contribution in [0.1, 0.15) is 48.9 Å². The Balaban J connectivity index is 2.66. The molecule has 0 fully saturated rings. The number of nitrogens with zero attached hydrogens (tertiary/aromatic N) is 1. The van der Waals surface area contributed by atoms with Crippen molar-refractivity contribution < 1.29 is 23.0 Å². The number of ketones is 1. The van der Waals surface area contributed by atoms with Gasteiger partial charge in [-0.25, -0.2) is 0 Å². The monoisotopic (exact) mass is 365 g/mol. The van der Waals surface area contributed by atoms with Crippen molar-refractivity contribution >= 4 is 5.78 Å². The summed E-state index contributed by atoms with van der Waals surface area (Å²) in [5.74, 6) is -0.242. The first-order valence-corrected chi connectivity index (χ1v) is 8.39. The van der Waals surface area contributed by atoms with Crippen molar-refractivity contribution in [3.05, 3.63) is 41.2 Å². The van der Waals surface area contributed by atoms with Crippen LogP contribution >= 0.6 is 0 Å². The number of hydrogen-bond acceptors (Lipinski definition) is 3. The first-order valence-electron chi connectivity index (χ1n) is 8.39. The molecule has 0 unspecified atom stereocenters. The Morgan fingerprint density at radius 2 is 1.65 bits per heavy atom. The number of aryl methyl sites for hydroxylation is 2. The van der Waals surface area contributed by atoms with Crippen molar-refractivity contribution in [2.45, 2.75) is 47.7 Å². The Hall–Kier alpha value is -2.37. The van der Waals surface area contributed by atoms with Crippen LogP contribution in [0.5, 0.6) is 11.5 Å². The molecule has 0 saturated carbocycles. The number of methoxy groups -OCH3 is 1. The minimum atomic E-state index is -3.04.